The number of hydrogen-bond acceptors (Lipinski definition) is 2. The average Bonchev–Trinajstić information content (AvgIpc) is 2.64. The third kappa shape index (κ3) is 3.56. The van der Waals surface area contributed by atoms with E-state index in [-0.39, 0.29) is 11.6 Å². The van der Waals surface area contributed by atoms with Gasteiger partial charge >= 0.3 is 0 Å². The molecule has 3 rings (SSSR count). The fraction of sp³-hybridized carbons (Fsp3) is 0.364. The molecule has 0 radical (unpaired) electrons. The molecule has 0 spiro atoms. The van der Waals surface area contributed by atoms with Crippen LogP contribution in [0.1, 0.15) is 49.7 Å². The number of aromatic nitrogens is 2. The Morgan fingerprint density at radius 2 is 1.88 bits per heavy atom. The number of benzene rings is 2. The number of para-hydroxylation sites is 1. The van der Waals surface area contributed by atoms with Crippen LogP contribution in [0.4, 0.5) is 0 Å². The Kier molecular flexibility index (Phi) is 5.52. The van der Waals surface area contributed by atoms with E-state index in [4.69, 9.17) is 4.98 Å². The first-order chi connectivity index (χ1) is 12.5. The maximum Gasteiger partial charge on any atom is 0.266 e. The first-order valence-corrected chi connectivity index (χ1v) is 9.45. The highest BCUT2D eigenvalue weighted by molar-refractivity contribution is 5.77. The monoisotopic (exact) mass is 350 g/mol. The van der Waals surface area contributed by atoms with E-state index in [9.17, 15) is 4.79 Å². The topological polar surface area (TPSA) is 51.5 Å². The predicted molar refractivity (Wildman–Crippen MR) is 107 cm³/mol. The van der Waals surface area contributed by atoms with E-state index >= 15 is 0 Å². The maximum atomic E-state index is 13.3. The lowest BCUT2D eigenvalue weighted by atomic mass is 10.1. The van der Waals surface area contributed by atoms with Crippen LogP contribution in [0, 0.1) is 13.8 Å². The second-order valence-electron chi connectivity index (χ2n) is 7.06. The van der Waals surface area contributed by atoms with Crippen LogP contribution >= 0.6 is 0 Å². The molecule has 0 aliphatic carbocycles. The van der Waals surface area contributed by atoms with Gasteiger partial charge < -0.3 is 5.32 Å². The molecule has 1 aromatic heterocycles. The van der Waals surface area contributed by atoms with Gasteiger partial charge in [0.15, 0.2) is 5.82 Å². The summed E-state index contributed by atoms with van der Waals surface area (Å²) in [6, 6.07) is 13.9. The summed E-state index contributed by atoms with van der Waals surface area (Å²) < 4.78 is 1.79. The molecule has 0 saturated carbocycles. The maximum absolute atomic E-state index is 13.3. The number of aryl methyl sites for hydroxylation is 2. The summed E-state index contributed by atoms with van der Waals surface area (Å²) in [4.78, 5) is 18.2. The van der Waals surface area contributed by atoms with Crippen LogP contribution in [0.25, 0.3) is 16.6 Å². The summed E-state index contributed by atoms with van der Waals surface area (Å²) in [5, 5.41) is 2.94. The summed E-state index contributed by atoms with van der Waals surface area (Å²) >= 11 is 0. The fourth-order valence-electron chi connectivity index (χ4n) is 3.25. The van der Waals surface area contributed by atoms with Crippen molar-refractivity contribution in [2.75, 3.05) is 6.54 Å². The van der Waals surface area contributed by atoms with E-state index in [0.717, 1.165) is 30.0 Å². The molecule has 4 heteroatoms. The molecule has 0 aliphatic rings. The van der Waals surface area contributed by atoms with Crippen molar-refractivity contribution in [1.29, 1.82) is 0 Å². The summed E-state index contributed by atoms with van der Waals surface area (Å²) in [6.07, 6.45) is 2.32. The molecule has 26 heavy (non-hydrogen) atoms. The van der Waals surface area contributed by atoms with Crippen molar-refractivity contribution in [3.8, 4) is 5.69 Å². The van der Waals surface area contributed by atoms with E-state index in [2.05, 4.69) is 45.1 Å². The van der Waals surface area contributed by atoms with Gasteiger partial charge in [0.2, 0.25) is 0 Å². The summed E-state index contributed by atoms with van der Waals surface area (Å²) in [5.74, 6) is 0.813. The minimum atomic E-state index is 0.00425. The van der Waals surface area contributed by atoms with Crippen molar-refractivity contribution >= 4 is 10.9 Å². The van der Waals surface area contributed by atoms with Crippen LogP contribution in [0.2, 0.25) is 0 Å². The number of nitrogens with zero attached hydrogens (tertiary/aromatic N) is 2. The van der Waals surface area contributed by atoms with Crippen molar-refractivity contribution in [3.05, 3.63) is 69.8 Å². The van der Waals surface area contributed by atoms with Gasteiger partial charge in [0, 0.05) is 0 Å². The SMILES string of the molecule is CCCC[NH2+][C@H](C)c1nc2ccccc2c(=O)n1-c1ccc(C)c(C)c1. The number of rotatable bonds is 6. The summed E-state index contributed by atoms with van der Waals surface area (Å²) in [6.45, 7) is 9.52. The van der Waals surface area contributed by atoms with E-state index in [0.29, 0.717) is 5.39 Å². The highest BCUT2D eigenvalue weighted by Crippen LogP contribution is 2.18. The van der Waals surface area contributed by atoms with E-state index in [1.54, 1.807) is 4.57 Å². The summed E-state index contributed by atoms with van der Waals surface area (Å²) in [7, 11) is 0. The average molecular weight is 350 g/mol. The largest absolute Gasteiger partial charge is 0.338 e. The van der Waals surface area contributed by atoms with Gasteiger partial charge in [-0.3, -0.25) is 9.36 Å². The molecule has 0 bridgehead atoms. The number of quaternary nitrogens is 1. The molecule has 0 aliphatic heterocycles. The van der Waals surface area contributed by atoms with Crippen LogP contribution < -0.4 is 10.9 Å². The Bertz CT molecular complexity index is 975. The lowest BCUT2D eigenvalue weighted by Gasteiger charge is -2.18. The Morgan fingerprint density at radius 3 is 2.62 bits per heavy atom. The smallest absolute Gasteiger partial charge is 0.266 e. The zero-order valence-electron chi connectivity index (χ0n) is 16.1. The molecule has 2 aromatic carbocycles. The number of fused-ring (bicyclic) bond motifs is 1. The van der Waals surface area contributed by atoms with Crippen molar-refractivity contribution in [3.63, 3.8) is 0 Å². The van der Waals surface area contributed by atoms with Crippen LogP contribution in [-0.4, -0.2) is 16.1 Å². The molecule has 3 aromatic rings. The molecule has 0 fully saturated rings. The highest BCUT2D eigenvalue weighted by atomic mass is 16.1. The van der Waals surface area contributed by atoms with Crippen molar-refractivity contribution in [1.82, 2.24) is 9.55 Å². The number of hydrogen-bond donors (Lipinski definition) is 1. The molecule has 4 nitrogen and oxygen atoms in total. The van der Waals surface area contributed by atoms with Crippen LogP contribution in [0.3, 0.4) is 0 Å². The first kappa shape index (κ1) is 18.3. The second-order valence-corrected chi connectivity index (χ2v) is 7.06. The molecule has 0 saturated heterocycles. The molecule has 1 atom stereocenters. The van der Waals surface area contributed by atoms with Gasteiger partial charge in [-0.05, 0) is 62.6 Å². The van der Waals surface area contributed by atoms with Gasteiger partial charge in [-0.1, -0.05) is 31.5 Å². The minimum Gasteiger partial charge on any atom is -0.338 e. The third-order valence-corrected chi connectivity index (χ3v) is 5.04. The van der Waals surface area contributed by atoms with Crippen molar-refractivity contribution in [2.45, 2.75) is 46.6 Å². The third-order valence-electron chi connectivity index (χ3n) is 5.04. The Labute approximate surface area is 154 Å². The predicted octanol–water partition coefficient (Wildman–Crippen LogP) is 3.43. The van der Waals surface area contributed by atoms with Gasteiger partial charge in [-0.2, -0.15) is 0 Å². The quantitative estimate of drug-likeness (QED) is 0.693. The van der Waals surface area contributed by atoms with Crippen LogP contribution in [0.15, 0.2) is 47.3 Å². The van der Waals surface area contributed by atoms with Gasteiger partial charge in [-0.15, -0.1) is 0 Å². The van der Waals surface area contributed by atoms with E-state index < -0.39 is 0 Å². The molecular formula is C22H28N3O+. The molecule has 0 amide bonds. The lowest BCUT2D eigenvalue weighted by Crippen LogP contribution is -2.85. The van der Waals surface area contributed by atoms with Crippen molar-refractivity contribution < 1.29 is 5.32 Å². The molecule has 0 unspecified atom stereocenters. The van der Waals surface area contributed by atoms with Gasteiger partial charge in [-0.25, -0.2) is 4.98 Å². The molecule has 2 N–H and O–H groups in total. The highest BCUT2D eigenvalue weighted by Gasteiger charge is 2.20. The Hall–Kier alpha value is -2.46. The molecule has 1 heterocycles. The normalized spacial score (nSPS) is 12.5. The van der Waals surface area contributed by atoms with Gasteiger partial charge in [0.05, 0.1) is 23.1 Å². The fourth-order valence-corrected chi connectivity index (χ4v) is 3.25. The summed E-state index contributed by atoms with van der Waals surface area (Å²) in [5.41, 5.74) is 4.06. The second kappa shape index (κ2) is 7.83. The zero-order chi connectivity index (χ0) is 18.7. The number of unbranched alkanes of at least 4 members (excludes halogenated alkanes) is 1. The zero-order valence-corrected chi connectivity index (χ0v) is 16.1. The van der Waals surface area contributed by atoms with Gasteiger partial charge in [0.25, 0.3) is 5.56 Å². The van der Waals surface area contributed by atoms with Crippen LogP contribution in [0.5, 0.6) is 0 Å². The van der Waals surface area contributed by atoms with Crippen molar-refractivity contribution in [2.24, 2.45) is 0 Å². The standard InChI is InChI=1S/C22H27N3O/c1-5-6-13-23-17(4)21-24-20-10-8-7-9-19(20)22(26)25(21)18-12-11-15(2)16(3)14-18/h7-12,14,17,23H,5-6,13H2,1-4H3/p+1/t17-/m1/s1. The lowest BCUT2D eigenvalue weighted by molar-refractivity contribution is -0.694. The Morgan fingerprint density at radius 1 is 1.12 bits per heavy atom. The van der Waals surface area contributed by atoms with Gasteiger partial charge in [0.1, 0.15) is 6.04 Å². The van der Waals surface area contributed by atoms with E-state index in [1.807, 2.05) is 30.3 Å². The molecular weight excluding hydrogens is 322 g/mol. The molecule has 136 valence electrons. The first-order valence-electron chi connectivity index (χ1n) is 9.45. The number of nitrogens with two attached hydrogens (primary N) is 1. The Balaban J connectivity index is 2.20. The van der Waals surface area contributed by atoms with Crippen LogP contribution in [-0.2, 0) is 0 Å². The van der Waals surface area contributed by atoms with E-state index in [1.165, 1.54) is 17.5 Å². The minimum absolute atomic E-state index is 0.00425.